The highest BCUT2D eigenvalue weighted by Gasteiger charge is 2.15. The number of benzene rings is 2. The zero-order valence-electron chi connectivity index (χ0n) is 16.0. The first-order valence-electron chi connectivity index (χ1n) is 8.92. The molecule has 0 spiro atoms. The number of pyridine rings is 1. The largest absolute Gasteiger partial charge is 0.321 e. The van der Waals surface area contributed by atoms with Gasteiger partial charge in [0.25, 0.3) is 11.8 Å². The Balaban J connectivity index is 1.80. The Kier molecular flexibility index (Phi) is 7.31. The topological polar surface area (TPSA) is 80.3 Å². The molecule has 0 saturated heterocycles. The van der Waals surface area contributed by atoms with Gasteiger partial charge in [-0.1, -0.05) is 52.7 Å². The summed E-state index contributed by atoms with van der Waals surface area (Å²) in [5.74, 6) is -1.11. The van der Waals surface area contributed by atoms with Gasteiger partial charge >= 0.3 is 0 Å². The van der Waals surface area contributed by atoms with E-state index >= 15 is 0 Å². The summed E-state index contributed by atoms with van der Waals surface area (Å²) in [7, 11) is 0. The SMILES string of the molecule is Cc1ccc(Sc2ncccc2C(=O)Nc2ccccc2/C=C/C(=O)NOF)cc1. The van der Waals surface area contributed by atoms with Gasteiger partial charge in [0.15, 0.2) is 0 Å². The Morgan fingerprint density at radius 3 is 2.60 bits per heavy atom. The fraction of sp³-hybridized carbons (Fsp3) is 0.0455. The third-order valence-electron chi connectivity index (χ3n) is 4.01. The molecule has 0 bridgehead atoms. The van der Waals surface area contributed by atoms with E-state index in [0.29, 0.717) is 21.8 Å². The molecule has 30 heavy (non-hydrogen) atoms. The standard InChI is InChI=1S/C22H18FN3O3S/c1-15-8-11-17(12-9-15)30-22-18(6-4-14-24-22)21(28)25-19-7-3-2-5-16(19)10-13-20(27)26-29-23/h2-14H,1H3,(H,25,28)(H,26,27)/b13-10+. The minimum atomic E-state index is -0.775. The van der Waals surface area contributed by atoms with E-state index in [4.69, 9.17) is 0 Å². The Hall–Kier alpha value is -3.49. The molecular formula is C22H18FN3O3S. The number of nitrogens with one attached hydrogen (secondary N) is 2. The molecule has 2 aromatic carbocycles. The lowest BCUT2D eigenvalue weighted by Gasteiger charge is -2.11. The van der Waals surface area contributed by atoms with Crippen LogP contribution in [0.25, 0.3) is 6.08 Å². The third kappa shape index (κ3) is 5.76. The lowest BCUT2D eigenvalue weighted by Crippen LogP contribution is -2.17. The first-order chi connectivity index (χ1) is 14.6. The van der Waals surface area contributed by atoms with Crippen LogP contribution in [-0.2, 0) is 9.84 Å². The van der Waals surface area contributed by atoms with Gasteiger partial charge in [-0.2, -0.15) is 5.48 Å². The molecule has 3 rings (SSSR count). The Morgan fingerprint density at radius 2 is 1.83 bits per heavy atom. The summed E-state index contributed by atoms with van der Waals surface area (Å²) < 4.78 is 11.7. The van der Waals surface area contributed by atoms with Crippen LogP contribution in [0.5, 0.6) is 0 Å². The van der Waals surface area contributed by atoms with Crippen LogP contribution in [0.2, 0.25) is 0 Å². The maximum absolute atomic E-state index is 12.9. The number of hydrogen-bond donors (Lipinski definition) is 2. The van der Waals surface area contributed by atoms with Gasteiger partial charge in [0.05, 0.1) is 5.56 Å². The second kappa shape index (κ2) is 10.3. The summed E-state index contributed by atoms with van der Waals surface area (Å²) >= 11 is 1.40. The average Bonchev–Trinajstić information content (AvgIpc) is 2.75. The van der Waals surface area contributed by atoms with Crippen molar-refractivity contribution in [2.75, 3.05) is 5.32 Å². The molecule has 0 radical (unpaired) electrons. The molecule has 0 fully saturated rings. The molecule has 6 nitrogen and oxygen atoms in total. The molecule has 3 aromatic rings. The number of halogens is 1. The van der Waals surface area contributed by atoms with Gasteiger partial charge in [0, 0.05) is 22.9 Å². The molecule has 1 heterocycles. The summed E-state index contributed by atoms with van der Waals surface area (Å²) in [6.07, 6.45) is 4.16. The van der Waals surface area contributed by atoms with Crippen molar-refractivity contribution in [3.05, 3.63) is 89.6 Å². The number of hydroxylamine groups is 1. The quantitative estimate of drug-likeness (QED) is 0.424. The minimum Gasteiger partial charge on any atom is -0.321 e. The Morgan fingerprint density at radius 1 is 1.07 bits per heavy atom. The molecule has 152 valence electrons. The van der Waals surface area contributed by atoms with Crippen molar-refractivity contribution < 1.29 is 19.2 Å². The number of nitrogens with zero attached hydrogens (tertiary/aromatic N) is 1. The van der Waals surface area contributed by atoms with Gasteiger partial charge in [-0.3, -0.25) is 9.59 Å². The molecule has 2 N–H and O–H groups in total. The Bertz CT molecular complexity index is 1070. The van der Waals surface area contributed by atoms with Crippen LogP contribution in [0.1, 0.15) is 21.5 Å². The predicted molar refractivity (Wildman–Crippen MR) is 113 cm³/mol. The Labute approximate surface area is 177 Å². The van der Waals surface area contributed by atoms with Crippen molar-refractivity contribution in [3.8, 4) is 0 Å². The fourth-order valence-corrected chi connectivity index (χ4v) is 3.43. The van der Waals surface area contributed by atoms with Gasteiger partial charge < -0.3 is 5.32 Å². The summed E-state index contributed by atoms with van der Waals surface area (Å²) in [6.45, 7) is 2.01. The number of anilines is 1. The van der Waals surface area contributed by atoms with Gasteiger partial charge in [0.1, 0.15) is 5.03 Å². The van der Waals surface area contributed by atoms with Crippen molar-refractivity contribution in [1.29, 1.82) is 0 Å². The number of carbonyl (C=O) groups excluding carboxylic acids is 2. The van der Waals surface area contributed by atoms with Crippen LogP contribution in [0, 0.1) is 6.92 Å². The monoisotopic (exact) mass is 423 g/mol. The van der Waals surface area contributed by atoms with Crippen LogP contribution in [0.4, 0.5) is 10.2 Å². The van der Waals surface area contributed by atoms with Crippen molar-refractivity contribution in [1.82, 2.24) is 10.5 Å². The fourth-order valence-electron chi connectivity index (χ4n) is 2.55. The second-order valence-corrected chi connectivity index (χ2v) is 7.25. The maximum atomic E-state index is 12.9. The maximum Gasteiger partial charge on any atom is 0.270 e. The molecule has 0 unspecified atom stereocenters. The van der Waals surface area contributed by atoms with Crippen molar-refractivity contribution >= 4 is 35.3 Å². The van der Waals surface area contributed by atoms with Gasteiger partial charge in [-0.25, -0.2) is 4.98 Å². The predicted octanol–water partition coefficient (Wildman–Crippen LogP) is 4.74. The molecule has 0 aliphatic rings. The summed E-state index contributed by atoms with van der Waals surface area (Å²) in [4.78, 5) is 29.6. The van der Waals surface area contributed by atoms with Crippen LogP contribution in [-0.4, -0.2) is 16.8 Å². The van der Waals surface area contributed by atoms with E-state index in [1.54, 1.807) is 48.1 Å². The van der Waals surface area contributed by atoms with Gasteiger partial charge in [0.2, 0.25) is 0 Å². The van der Waals surface area contributed by atoms with E-state index in [2.05, 4.69) is 15.3 Å². The summed E-state index contributed by atoms with van der Waals surface area (Å²) in [5, 5.41) is 6.50. The molecule has 0 aliphatic heterocycles. The molecule has 0 aliphatic carbocycles. The van der Waals surface area contributed by atoms with Gasteiger partial charge in [-0.05, 0) is 53.4 Å². The number of aryl methyl sites for hydroxylation is 1. The van der Waals surface area contributed by atoms with E-state index in [1.807, 2.05) is 31.2 Å². The van der Waals surface area contributed by atoms with E-state index < -0.39 is 5.91 Å². The lowest BCUT2D eigenvalue weighted by molar-refractivity contribution is -0.195. The van der Waals surface area contributed by atoms with Crippen molar-refractivity contribution in [3.63, 3.8) is 0 Å². The third-order valence-corrected chi connectivity index (χ3v) is 5.04. The van der Waals surface area contributed by atoms with E-state index in [0.717, 1.165) is 16.5 Å². The summed E-state index contributed by atoms with van der Waals surface area (Å²) in [6, 6.07) is 18.3. The minimum absolute atomic E-state index is 0.338. The molecule has 0 atom stereocenters. The van der Waals surface area contributed by atoms with Crippen LogP contribution >= 0.6 is 11.8 Å². The van der Waals surface area contributed by atoms with Crippen molar-refractivity contribution in [2.24, 2.45) is 0 Å². The zero-order chi connectivity index (χ0) is 21.3. The number of aromatic nitrogens is 1. The highest BCUT2D eigenvalue weighted by Crippen LogP contribution is 2.29. The number of para-hydroxylation sites is 1. The molecule has 8 heteroatoms. The second-order valence-electron chi connectivity index (χ2n) is 6.19. The van der Waals surface area contributed by atoms with E-state index in [9.17, 15) is 14.1 Å². The highest BCUT2D eigenvalue weighted by molar-refractivity contribution is 7.99. The van der Waals surface area contributed by atoms with Crippen molar-refractivity contribution in [2.45, 2.75) is 16.8 Å². The summed E-state index contributed by atoms with van der Waals surface area (Å²) in [5.41, 5.74) is 4.17. The zero-order valence-corrected chi connectivity index (χ0v) is 16.8. The molecular weight excluding hydrogens is 405 g/mol. The normalized spacial score (nSPS) is 10.7. The number of rotatable bonds is 7. The van der Waals surface area contributed by atoms with Crippen LogP contribution in [0.15, 0.2) is 82.9 Å². The lowest BCUT2D eigenvalue weighted by atomic mass is 10.1. The average molecular weight is 423 g/mol. The van der Waals surface area contributed by atoms with Crippen LogP contribution in [0.3, 0.4) is 0 Å². The number of carbonyl (C=O) groups is 2. The first kappa shape index (κ1) is 21.2. The van der Waals surface area contributed by atoms with Crippen LogP contribution < -0.4 is 10.8 Å². The van der Waals surface area contributed by atoms with Gasteiger partial charge in [-0.15, -0.1) is 0 Å². The highest BCUT2D eigenvalue weighted by atomic mass is 32.2. The number of hydrogen-bond acceptors (Lipinski definition) is 5. The molecule has 0 saturated carbocycles. The number of amides is 2. The molecule has 2 amide bonds. The smallest absolute Gasteiger partial charge is 0.270 e. The first-order valence-corrected chi connectivity index (χ1v) is 9.74. The van der Waals surface area contributed by atoms with E-state index in [1.165, 1.54) is 17.8 Å². The van der Waals surface area contributed by atoms with E-state index in [-0.39, 0.29) is 5.91 Å². The molecule has 1 aromatic heterocycles.